The molecule has 1 aliphatic rings. The molecule has 38 heavy (non-hydrogen) atoms. The number of anilines is 1. The highest BCUT2D eigenvalue weighted by atomic mass is 127. The molecule has 0 aliphatic carbocycles. The monoisotopic (exact) mass is 626 g/mol. The van der Waals surface area contributed by atoms with Gasteiger partial charge in [-0.05, 0) is 89.5 Å². The van der Waals surface area contributed by atoms with E-state index in [9.17, 15) is 14.4 Å². The Kier molecular flexibility index (Phi) is 8.67. The molecular weight excluding hydrogens is 599 g/mol. The lowest BCUT2D eigenvalue weighted by atomic mass is 10.1. The molecule has 0 spiro atoms. The predicted molar refractivity (Wildman–Crippen MR) is 152 cm³/mol. The molecule has 0 saturated carbocycles. The van der Waals surface area contributed by atoms with Gasteiger partial charge in [-0.3, -0.25) is 14.9 Å². The van der Waals surface area contributed by atoms with Gasteiger partial charge in [-0.25, -0.2) is 9.69 Å². The van der Waals surface area contributed by atoms with E-state index in [0.717, 1.165) is 26.0 Å². The molecule has 3 aromatic rings. The molecule has 9 heteroatoms. The molecular formula is C29H27IN2O6. The van der Waals surface area contributed by atoms with Gasteiger partial charge in [0.05, 0.1) is 23.0 Å². The minimum absolute atomic E-state index is 0.179. The van der Waals surface area contributed by atoms with Gasteiger partial charge in [0.1, 0.15) is 17.9 Å². The van der Waals surface area contributed by atoms with Gasteiger partial charge in [0.15, 0.2) is 11.5 Å². The highest BCUT2D eigenvalue weighted by Crippen LogP contribution is 2.35. The Labute approximate surface area is 234 Å². The lowest BCUT2D eigenvalue weighted by Crippen LogP contribution is -2.54. The Hall–Kier alpha value is -3.86. The molecule has 0 aromatic heterocycles. The van der Waals surface area contributed by atoms with Crippen molar-refractivity contribution in [1.82, 2.24) is 5.32 Å². The molecule has 1 heterocycles. The number of benzene rings is 3. The summed E-state index contributed by atoms with van der Waals surface area (Å²) in [4.78, 5) is 39.4. The number of halogens is 1. The van der Waals surface area contributed by atoms with Gasteiger partial charge in [0.25, 0.3) is 11.8 Å². The van der Waals surface area contributed by atoms with E-state index in [0.29, 0.717) is 41.7 Å². The first-order valence-electron chi connectivity index (χ1n) is 12.0. The van der Waals surface area contributed by atoms with Crippen LogP contribution < -0.4 is 24.4 Å². The third-order valence-electron chi connectivity index (χ3n) is 5.74. The van der Waals surface area contributed by atoms with Crippen molar-refractivity contribution < 1.29 is 28.6 Å². The number of hydrogen-bond donors (Lipinski definition) is 1. The molecule has 4 amide bonds. The zero-order valence-corrected chi connectivity index (χ0v) is 23.4. The normalized spacial score (nSPS) is 14.5. The van der Waals surface area contributed by atoms with Gasteiger partial charge in [-0.2, -0.15) is 0 Å². The second-order valence-electron chi connectivity index (χ2n) is 8.61. The summed E-state index contributed by atoms with van der Waals surface area (Å²) < 4.78 is 17.9. The molecule has 1 aliphatic heterocycles. The molecule has 3 aromatic carbocycles. The largest absolute Gasteiger partial charge is 0.494 e. The molecule has 8 nitrogen and oxygen atoms in total. The van der Waals surface area contributed by atoms with Crippen molar-refractivity contribution in [3.05, 3.63) is 86.5 Å². The number of carbonyl (C=O) groups excluding carboxylic acids is 3. The van der Waals surface area contributed by atoms with Crippen molar-refractivity contribution in [3.8, 4) is 17.2 Å². The van der Waals surface area contributed by atoms with Crippen LogP contribution in [0.4, 0.5) is 10.5 Å². The number of hydrogen-bond acceptors (Lipinski definition) is 6. The maximum Gasteiger partial charge on any atom is 0.335 e. The Bertz CT molecular complexity index is 1380. The summed E-state index contributed by atoms with van der Waals surface area (Å²) in [5, 5.41) is 2.24. The van der Waals surface area contributed by atoms with Crippen molar-refractivity contribution in [3.63, 3.8) is 0 Å². The number of nitrogens with one attached hydrogen (secondary N) is 1. The molecule has 1 N–H and O–H groups in total. The summed E-state index contributed by atoms with van der Waals surface area (Å²) in [6, 6.07) is 17.2. The number of nitrogens with zero attached hydrogens (tertiary/aromatic N) is 1. The molecule has 0 bridgehead atoms. The number of urea groups is 1. The number of amides is 4. The number of imide groups is 2. The highest BCUT2D eigenvalue weighted by molar-refractivity contribution is 14.1. The first-order valence-corrected chi connectivity index (χ1v) is 13.1. The van der Waals surface area contributed by atoms with E-state index in [1.54, 1.807) is 36.4 Å². The Morgan fingerprint density at radius 1 is 0.974 bits per heavy atom. The van der Waals surface area contributed by atoms with Gasteiger partial charge < -0.3 is 14.2 Å². The Morgan fingerprint density at radius 3 is 2.34 bits per heavy atom. The lowest BCUT2D eigenvalue weighted by molar-refractivity contribution is -0.122. The molecule has 1 saturated heterocycles. The number of barbiturate groups is 1. The average molecular weight is 626 g/mol. The van der Waals surface area contributed by atoms with E-state index in [1.807, 2.05) is 38.1 Å². The third-order valence-corrected chi connectivity index (χ3v) is 6.54. The summed E-state index contributed by atoms with van der Waals surface area (Å²) in [5.41, 5.74) is 2.87. The fourth-order valence-electron chi connectivity index (χ4n) is 3.77. The standard InChI is InChI=1S/C29H27IN2O6/c1-4-13-37-22-11-9-21(10-12-22)32-28(34)23(27(33)31-29(32)35)14-20-15-24(30)26(25(16-20)36-3)38-17-19-7-5-18(2)6-8-19/h5-12,14-16H,4,13,17H2,1-3H3,(H,31,33,35)/b23-14-. The third kappa shape index (κ3) is 6.16. The Morgan fingerprint density at radius 2 is 1.68 bits per heavy atom. The van der Waals surface area contributed by atoms with Crippen LogP contribution in [0.2, 0.25) is 0 Å². The van der Waals surface area contributed by atoms with Crippen molar-refractivity contribution in [2.45, 2.75) is 26.9 Å². The van der Waals surface area contributed by atoms with Crippen LogP contribution in [0.25, 0.3) is 6.08 Å². The summed E-state index contributed by atoms with van der Waals surface area (Å²) in [6.45, 7) is 4.93. The summed E-state index contributed by atoms with van der Waals surface area (Å²) in [5.74, 6) is 0.133. The fraction of sp³-hybridized carbons (Fsp3) is 0.207. The molecule has 0 atom stereocenters. The molecule has 0 unspecified atom stereocenters. The van der Waals surface area contributed by atoms with Gasteiger partial charge in [-0.15, -0.1) is 0 Å². The topological polar surface area (TPSA) is 94.2 Å². The molecule has 1 fully saturated rings. The van der Waals surface area contributed by atoms with Gasteiger partial charge in [-0.1, -0.05) is 36.8 Å². The van der Waals surface area contributed by atoms with Crippen LogP contribution in [0, 0.1) is 10.5 Å². The zero-order chi connectivity index (χ0) is 27.2. The van der Waals surface area contributed by atoms with E-state index in [1.165, 1.54) is 13.2 Å². The van der Waals surface area contributed by atoms with Gasteiger partial charge >= 0.3 is 6.03 Å². The first kappa shape index (κ1) is 27.2. The summed E-state index contributed by atoms with van der Waals surface area (Å²) in [7, 11) is 1.52. The van der Waals surface area contributed by atoms with Crippen LogP contribution in [0.3, 0.4) is 0 Å². The zero-order valence-electron chi connectivity index (χ0n) is 21.2. The molecule has 196 valence electrons. The smallest absolute Gasteiger partial charge is 0.335 e. The average Bonchev–Trinajstić information content (AvgIpc) is 2.90. The Balaban J connectivity index is 1.59. The SMILES string of the molecule is CCCOc1ccc(N2C(=O)NC(=O)/C(=C/c3cc(I)c(OCc4ccc(C)cc4)c(OC)c3)C2=O)cc1. The summed E-state index contributed by atoms with van der Waals surface area (Å²) >= 11 is 2.12. The summed E-state index contributed by atoms with van der Waals surface area (Å²) in [6.07, 6.45) is 2.29. The van der Waals surface area contributed by atoms with E-state index < -0.39 is 17.8 Å². The van der Waals surface area contributed by atoms with E-state index in [2.05, 4.69) is 27.9 Å². The number of ether oxygens (including phenoxy) is 3. The van der Waals surface area contributed by atoms with Crippen LogP contribution in [0.1, 0.15) is 30.0 Å². The van der Waals surface area contributed by atoms with Gasteiger partial charge in [0.2, 0.25) is 0 Å². The van der Waals surface area contributed by atoms with Crippen LogP contribution in [-0.4, -0.2) is 31.6 Å². The minimum Gasteiger partial charge on any atom is -0.494 e. The number of aryl methyl sites for hydroxylation is 1. The number of carbonyl (C=O) groups is 3. The highest BCUT2D eigenvalue weighted by Gasteiger charge is 2.37. The number of rotatable bonds is 9. The number of methoxy groups -OCH3 is 1. The van der Waals surface area contributed by atoms with Crippen molar-refractivity contribution >= 4 is 52.2 Å². The quantitative estimate of drug-likeness (QED) is 0.188. The van der Waals surface area contributed by atoms with E-state index in [4.69, 9.17) is 14.2 Å². The van der Waals surface area contributed by atoms with Crippen LogP contribution in [0.5, 0.6) is 17.2 Å². The maximum absolute atomic E-state index is 13.3. The minimum atomic E-state index is -0.814. The van der Waals surface area contributed by atoms with Crippen LogP contribution in [-0.2, 0) is 16.2 Å². The molecule has 4 rings (SSSR count). The second kappa shape index (κ2) is 12.1. The van der Waals surface area contributed by atoms with Crippen molar-refractivity contribution in [2.75, 3.05) is 18.6 Å². The van der Waals surface area contributed by atoms with E-state index in [-0.39, 0.29) is 5.57 Å². The molecule has 0 radical (unpaired) electrons. The second-order valence-corrected chi connectivity index (χ2v) is 9.77. The van der Waals surface area contributed by atoms with Crippen molar-refractivity contribution in [2.24, 2.45) is 0 Å². The van der Waals surface area contributed by atoms with Crippen molar-refractivity contribution in [1.29, 1.82) is 0 Å². The predicted octanol–water partition coefficient (Wildman–Crippen LogP) is 5.64. The van der Waals surface area contributed by atoms with Gasteiger partial charge in [0, 0.05) is 0 Å². The first-order chi connectivity index (χ1) is 18.3. The fourth-order valence-corrected chi connectivity index (χ4v) is 4.55. The lowest BCUT2D eigenvalue weighted by Gasteiger charge is -2.26. The maximum atomic E-state index is 13.3. The van der Waals surface area contributed by atoms with Crippen LogP contribution in [0.15, 0.2) is 66.2 Å². The van der Waals surface area contributed by atoms with Crippen LogP contribution >= 0.6 is 22.6 Å². The van der Waals surface area contributed by atoms with E-state index >= 15 is 0 Å².